The van der Waals surface area contributed by atoms with Crippen LogP contribution >= 0.6 is 0 Å². The number of rotatable bonds is 6. The monoisotopic (exact) mass is 315 g/mol. The van der Waals surface area contributed by atoms with Crippen LogP contribution in [-0.4, -0.2) is 35.4 Å². The fraction of sp³-hybridized carbons (Fsp3) is 0.800. The van der Waals surface area contributed by atoms with Crippen molar-refractivity contribution in [2.45, 2.75) is 60.2 Å². The van der Waals surface area contributed by atoms with Crippen LogP contribution in [0.15, 0.2) is 0 Å². The van der Waals surface area contributed by atoms with Crippen molar-refractivity contribution in [1.29, 1.82) is 0 Å². The van der Waals surface area contributed by atoms with E-state index in [1.54, 1.807) is 20.8 Å². The third-order valence-corrected chi connectivity index (χ3v) is 3.69. The summed E-state index contributed by atoms with van der Waals surface area (Å²) in [5, 5.41) is 12.2. The number of hydrogen-bond donors (Lipinski definition) is 0. The van der Waals surface area contributed by atoms with Crippen LogP contribution in [0.25, 0.3) is 0 Å². The minimum absolute atomic E-state index is 0.213. The lowest BCUT2D eigenvalue weighted by molar-refractivity contribution is -0.777. The molecule has 0 fully saturated rings. The van der Waals surface area contributed by atoms with Crippen molar-refractivity contribution in [2.24, 2.45) is 11.3 Å². The first kappa shape index (κ1) is 18.3. The lowest BCUT2D eigenvalue weighted by Gasteiger charge is -2.41. The molecule has 1 heterocycles. The number of esters is 2. The van der Waals surface area contributed by atoms with Crippen LogP contribution in [0.5, 0.6) is 0 Å². The lowest BCUT2D eigenvalue weighted by atomic mass is 9.73. The van der Waals surface area contributed by atoms with E-state index in [0.717, 1.165) is 12.8 Å². The molecule has 0 amide bonds. The van der Waals surface area contributed by atoms with Crippen molar-refractivity contribution in [2.75, 3.05) is 6.61 Å². The first-order valence-electron chi connectivity index (χ1n) is 7.59. The van der Waals surface area contributed by atoms with E-state index < -0.39 is 29.6 Å². The fourth-order valence-corrected chi connectivity index (χ4v) is 2.54. The molecule has 0 saturated heterocycles. The molecule has 7 nitrogen and oxygen atoms in total. The second-order valence-electron chi connectivity index (χ2n) is 5.91. The van der Waals surface area contributed by atoms with Crippen LogP contribution in [0, 0.1) is 16.5 Å². The Kier molecular flexibility index (Phi) is 6.20. The Morgan fingerprint density at radius 2 is 2.00 bits per heavy atom. The van der Waals surface area contributed by atoms with E-state index in [2.05, 4.69) is 0 Å². The average molecular weight is 315 g/mol. The average Bonchev–Trinajstić information content (AvgIpc) is 2.40. The van der Waals surface area contributed by atoms with Gasteiger partial charge in [-0.05, 0) is 13.3 Å². The zero-order chi connectivity index (χ0) is 16.9. The van der Waals surface area contributed by atoms with Gasteiger partial charge in [0.25, 0.3) is 0 Å². The molecule has 0 bridgehead atoms. The van der Waals surface area contributed by atoms with Crippen LogP contribution in [0.1, 0.15) is 53.9 Å². The van der Waals surface area contributed by atoms with E-state index in [-0.39, 0.29) is 6.61 Å². The molecule has 22 heavy (non-hydrogen) atoms. The molecule has 2 unspecified atom stereocenters. The van der Waals surface area contributed by atoms with E-state index >= 15 is 0 Å². The molecular formula is C15H25NO6. The Morgan fingerprint density at radius 3 is 2.50 bits per heavy atom. The highest BCUT2D eigenvalue weighted by molar-refractivity contribution is 6.00. The summed E-state index contributed by atoms with van der Waals surface area (Å²) >= 11 is 0. The third-order valence-electron chi connectivity index (χ3n) is 3.69. The molecular weight excluding hydrogens is 290 g/mol. The van der Waals surface area contributed by atoms with Crippen LogP contribution in [0.4, 0.5) is 0 Å². The molecule has 0 radical (unpaired) electrons. The van der Waals surface area contributed by atoms with Crippen molar-refractivity contribution < 1.29 is 28.8 Å². The number of carbonyl (C=O) groups excluding carboxylic acids is 2. The maximum atomic E-state index is 12.4. The molecule has 7 heteroatoms. The minimum atomic E-state index is -1.14. The predicted molar refractivity (Wildman–Crippen MR) is 78.7 cm³/mol. The predicted octanol–water partition coefficient (Wildman–Crippen LogP) is 2.17. The minimum Gasteiger partial charge on any atom is -0.465 e. The molecule has 0 spiro atoms. The maximum absolute atomic E-state index is 12.4. The highest BCUT2D eigenvalue weighted by Crippen LogP contribution is 2.39. The zero-order valence-electron chi connectivity index (χ0n) is 13.9. The Balaban J connectivity index is 3.21. The van der Waals surface area contributed by atoms with Gasteiger partial charge in [-0.25, -0.2) is 0 Å². The molecule has 0 saturated carbocycles. The largest absolute Gasteiger partial charge is 0.465 e. The van der Waals surface area contributed by atoms with Gasteiger partial charge in [0.2, 0.25) is 12.0 Å². The number of ether oxygens (including phenoxy) is 2. The van der Waals surface area contributed by atoms with Crippen molar-refractivity contribution in [3.8, 4) is 0 Å². The second kappa shape index (κ2) is 7.47. The molecule has 1 aliphatic rings. The summed E-state index contributed by atoms with van der Waals surface area (Å²) < 4.78 is 10.2. The van der Waals surface area contributed by atoms with Crippen LogP contribution in [0.3, 0.4) is 0 Å². The van der Waals surface area contributed by atoms with Crippen LogP contribution < -0.4 is 0 Å². The second-order valence-corrected chi connectivity index (χ2v) is 5.91. The quantitative estimate of drug-likeness (QED) is 0.551. The van der Waals surface area contributed by atoms with Crippen molar-refractivity contribution in [3.63, 3.8) is 0 Å². The van der Waals surface area contributed by atoms with Crippen molar-refractivity contribution in [1.82, 2.24) is 0 Å². The smallest absolute Gasteiger partial charge is 0.320 e. The van der Waals surface area contributed by atoms with Gasteiger partial charge in [-0.15, -0.1) is 0 Å². The van der Waals surface area contributed by atoms with Gasteiger partial charge >= 0.3 is 11.9 Å². The molecule has 2 atom stereocenters. The summed E-state index contributed by atoms with van der Waals surface area (Å²) in [6.45, 7) is 8.58. The van der Waals surface area contributed by atoms with Gasteiger partial charge in [0.1, 0.15) is 0 Å². The normalized spacial score (nSPS) is 23.7. The van der Waals surface area contributed by atoms with Gasteiger partial charge in [-0.1, -0.05) is 27.2 Å². The molecule has 1 aliphatic heterocycles. The maximum Gasteiger partial charge on any atom is 0.320 e. The van der Waals surface area contributed by atoms with Crippen molar-refractivity contribution in [3.05, 3.63) is 5.21 Å². The van der Waals surface area contributed by atoms with Gasteiger partial charge < -0.3 is 14.3 Å². The summed E-state index contributed by atoms with van der Waals surface area (Å²) in [6, 6.07) is 0. The third kappa shape index (κ3) is 3.90. The van der Waals surface area contributed by atoms with Crippen molar-refractivity contribution >= 4 is 17.7 Å². The summed E-state index contributed by atoms with van der Waals surface area (Å²) in [6.07, 6.45) is 0.921. The standard InChI is InChI=1S/C15H25NO6/c1-6-8-9-11-12(13(18)20-7-2)15(4,5)14(21-10(3)17)22-16(11)19/h12,14H,6-9H2,1-5H3. The number of carbonyl (C=O) groups is 2. The number of hydrogen-bond acceptors (Lipinski definition) is 6. The lowest BCUT2D eigenvalue weighted by Crippen LogP contribution is -2.55. The van der Waals surface area contributed by atoms with Crippen LogP contribution in [0.2, 0.25) is 0 Å². The SMILES string of the molecule is CCCCC1=[N+]([O-])OC(OC(C)=O)C(C)(C)C1C(=O)OCC. The van der Waals surface area contributed by atoms with E-state index in [1.165, 1.54) is 6.92 Å². The van der Waals surface area contributed by atoms with Crippen LogP contribution in [-0.2, 0) is 23.9 Å². The number of unbranched alkanes of at least 4 members (excludes halogenated alkanes) is 1. The number of nitrogens with zero attached hydrogens (tertiary/aromatic N) is 1. The molecule has 0 aromatic heterocycles. The first-order valence-corrected chi connectivity index (χ1v) is 7.59. The molecule has 126 valence electrons. The van der Waals surface area contributed by atoms with Gasteiger partial charge in [0, 0.05) is 23.7 Å². The Hall–Kier alpha value is -1.79. The Morgan fingerprint density at radius 1 is 1.36 bits per heavy atom. The van der Waals surface area contributed by atoms with E-state index in [0.29, 0.717) is 17.0 Å². The molecule has 0 aromatic rings. The van der Waals surface area contributed by atoms with E-state index in [4.69, 9.17) is 14.3 Å². The zero-order valence-corrected chi connectivity index (χ0v) is 13.9. The topological polar surface area (TPSA) is 87.9 Å². The Bertz CT molecular complexity index is 457. The summed E-state index contributed by atoms with van der Waals surface area (Å²) in [5.41, 5.74) is -0.587. The highest BCUT2D eigenvalue weighted by Gasteiger charge is 2.54. The fourth-order valence-electron chi connectivity index (χ4n) is 2.54. The molecule has 0 aliphatic carbocycles. The van der Waals surface area contributed by atoms with E-state index in [9.17, 15) is 14.8 Å². The van der Waals surface area contributed by atoms with Gasteiger partial charge in [-0.2, -0.15) is 0 Å². The summed E-state index contributed by atoms with van der Waals surface area (Å²) in [4.78, 5) is 29.1. The summed E-state index contributed by atoms with van der Waals surface area (Å²) in [7, 11) is 0. The Labute approximate surface area is 130 Å². The van der Waals surface area contributed by atoms with Gasteiger partial charge in [0.05, 0.1) is 6.61 Å². The summed E-state index contributed by atoms with van der Waals surface area (Å²) in [5.74, 6) is -1.89. The molecule has 0 aromatic carbocycles. The first-order chi connectivity index (χ1) is 10.3. The molecule has 1 rings (SSSR count). The molecule has 0 N–H and O–H groups in total. The van der Waals surface area contributed by atoms with Gasteiger partial charge in [0.15, 0.2) is 5.92 Å². The highest BCUT2D eigenvalue weighted by atomic mass is 16.9. The van der Waals surface area contributed by atoms with E-state index in [1.807, 2.05) is 6.92 Å². The van der Waals surface area contributed by atoms with Gasteiger partial charge in [-0.3, -0.25) is 14.8 Å².